The van der Waals surface area contributed by atoms with Crippen molar-refractivity contribution in [1.29, 1.82) is 0 Å². The van der Waals surface area contributed by atoms with Gasteiger partial charge in [-0.3, -0.25) is 0 Å². The molecule has 0 saturated carbocycles. The molecule has 0 saturated heterocycles. The van der Waals surface area contributed by atoms with Crippen molar-refractivity contribution in [3.63, 3.8) is 0 Å². The number of nitrogens with zero attached hydrogens (tertiary/aromatic N) is 3. The van der Waals surface area contributed by atoms with Crippen LogP contribution in [0, 0.1) is 20.8 Å². The second kappa shape index (κ2) is 6.76. The number of rotatable bonds is 0. The van der Waals surface area contributed by atoms with Gasteiger partial charge in [-0.2, -0.15) is 0 Å². The Morgan fingerprint density at radius 3 is 1.81 bits per heavy atom. The van der Waals surface area contributed by atoms with Crippen molar-refractivity contribution in [2.24, 2.45) is 0 Å². The van der Waals surface area contributed by atoms with E-state index in [4.69, 9.17) is 15.0 Å². The van der Waals surface area contributed by atoms with E-state index in [-0.39, 0.29) is 0 Å². The minimum atomic E-state index is 0.933. The molecule has 0 spiro atoms. The molecule has 170 valence electrons. The molecular formula is C32H22N4. The number of aromatic nitrogens is 3. The predicted molar refractivity (Wildman–Crippen MR) is 151 cm³/mol. The van der Waals surface area contributed by atoms with Gasteiger partial charge in [-0.25, -0.2) is 15.0 Å². The van der Waals surface area contributed by atoms with Crippen molar-refractivity contribution in [2.45, 2.75) is 20.8 Å². The molecule has 1 N–H and O–H groups in total. The summed E-state index contributed by atoms with van der Waals surface area (Å²) >= 11 is 0. The zero-order chi connectivity index (χ0) is 24.1. The monoisotopic (exact) mass is 462 g/mol. The quantitative estimate of drug-likeness (QED) is 0.246. The molecule has 2 aliphatic heterocycles. The average molecular weight is 463 g/mol. The van der Waals surface area contributed by atoms with E-state index in [0.717, 1.165) is 77.0 Å². The van der Waals surface area contributed by atoms with E-state index in [1.54, 1.807) is 0 Å². The summed E-state index contributed by atoms with van der Waals surface area (Å²) in [5.74, 6) is 0. The fraction of sp³-hybridized carbons (Fsp3) is 0.0938. The third-order valence-electron chi connectivity index (χ3n) is 7.90. The van der Waals surface area contributed by atoms with Crippen LogP contribution >= 0.6 is 0 Å². The van der Waals surface area contributed by atoms with Gasteiger partial charge < -0.3 is 5.32 Å². The summed E-state index contributed by atoms with van der Waals surface area (Å²) in [5, 5.41) is 10.5. The number of fused-ring (bicyclic) bond motifs is 6. The Morgan fingerprint density at radius 2 is 1.06 bits per heavy atom. The van der Waals surface area contributed by atoms with Crippen LogP contribution in [-0.2, 0) is 0 Å². The zero-order valence-electron chi connectivity index (χ0n) is 20.3. The first-order chi connectivity index (χ1) is 17.6. The number of aryl methyl sites for hydroxylation is 3. The van der Waals surface area contributed by atoms with Gasteiger partial charge in [0.25, 0.3) is 0 Å². The van der Waals surface area contributed by atoms with E-state index >= 15 is 0 Å². The van der Waals surface area contributed by atoms with Crippen LogP contribution in [0.5, 0.6) is 0 Å². The second-order valence-electron chi connectivity index (χ2n) is 9.87. The molecular weight excluding hydrogens is 440 g/mol. The lowest BCUT2D eigenvalue weighted by atomic mass is 10.0. The Kier molecular flexibility index (Phi) is 3.70. The zero-order valence-corrected chi connectivity index (χ0v) is 20.3. The summed E-state index contributed by atoms with van der Waals surface area (Å²) in [7, 11) is 0. The Morgan fingerprint density at radius 1 is 0.472 bits per heavy atom. The van der Waals surface area contributed by atoms with Gasteiger partial charge in [0.15, 0.2) is 0 Å². The lowest BCUT2D eigenvalue weighted by Crippen LogP contribution is -1.97. The number of pyridine rings is 1. The van der Waals surface area contributed by atoms with Gasteiger partial charge in [0, 0.05) is 43.6 Å². The molecule has 2 aliphatic rings. The van der Waals surface area contributed by atoms with Crippen LogP contribution in [0.15, 0.2) is 72.8 Å². The van der Waals surface area contributed by atoms with Crippen molar-refractivity contribution in [3.8, 4) is 0 Å². The average Bonchev–Trinajstić information content (AvgIpc) is 3.44. The van der Waals surface area contributed by atoms with Crippen LogP contribution in [0.4, 0.5) is 11.4 Å². The summed E-state index contributed by atoms with van der Waals surface area (Å²) in [6.07, 6.45) is 0. The molecule has 0 atom stereocenters. The first-order valence-corrected chi connectivity index (χ1v) is 12.3. The third kappa shape index (κ3) is 2.46. The minimum absolute atomic E-state index is 0.933. The second-order valence-corrected chi connectivity index (χ2v) is 9.87. The molecule has 0 aliphatic carbocycles. The van der Waals surface area contributed by atoms with E-state index in [1.807, 2.05) is 0 Å². The number of hydrogen-bond donors (Lipinski definition) is 1. The maximum Gasteiger partial charge on any atom is 0.0950 e. The molecule has 4 heteroatoms. The highest BCUT2D eigenvalue weighted by molar-refractivity contribution is 6.13. The largest absolute Gasteiger partial charge is 0.353 e. The van der Waals surface area contributed by atoms with Crippen molar-refractivity contribution < 1.29 is 0 Å². The van der Waals surface area contributed by atoms with Crippen molar-refractivity contribution >= 4 is 76.8 Å². The first kappa shape index (κ1) is 19.7. The van der Waals surface area contributed by atoms with Crippen LogP contribution < -0.4 is 5.32 Å². The molecule has 4 nitrogen and oxygen atoms in total. The standard InChI is InChI=1S/C32H22N4/c1-16-21-6-4-8-23-25-14-12-19-10-11-20-13-15-26(34-30(20)29(19)33-25)24-9-5-7-22-17(2)28(36-32(22)24)18(3)27(16)35-31(21)23/h4-15,33H,1-3H3. The molecule has 3 aromatic heterocycles. The van der Waals surface area contributed by atoms with Crippen molar-refractivity contribution in [3.05, 3.63) is 89.5 Å². The number of anilines is 2. The summed E-state index contributed by atoms with van der Waals surface area (Å²) in [6.45, 7) is 6.49. The van der Waals surface area contributed by atoms with Gasteiger partial charge in [0.1, 0.15) is 0 Å². The third-order valence-corrected chi connectivity index (χ3v) is 7.90. The van der Waals surface area contributed by atoms with Gasteiger partial charge in [0.05, 0.1) is 38.8 Å². The normalized spacial score (nSPS) is 12.5. The fourth-order valence-electron chi connectivity index (χ4n) is 5.98. The smallest absolute Gasteiger partial charge is 0.0950 e. The lowest BCUT2D eigenvalue weighted by molar-refractivity contribution is 1.40. The van der Waals surface area contributed by atoms with E-state index in [9.17, 15) is 0 Å². The molecule has 0 radical (unpaired) electrons. The van der Waals surface area contributed by atoms with Crippen LogP contribution in [0.1, 0.15) is 16.7 Å². The fourth-order valence-corrected chi connectivity index (χ4v) is 5.98. The molecule has 5 heterocycles. The van der Waals surface area contributed by atoms with E-state index < -0.39 is 0 Å². The highest BCUT2D eigenvalue weighted by atomic mass is 14.9. The highest BCUT2D eigenvalue weighted by Gasteiger charge is 2.17. The number of para-hydroxylation sites is 2. The number of benzene rings is 3. The highest BCUT2D eigenvalue weighted by Crippen LogP contribution is 2.39. The molecule has 0 amide bonds. The SMILES string of the molecule is Cc1c2nc3c(cccc3c2C)c2ccc3ccc4ccc(nc4c3N2)c2cccc3c(C)c1nc32. The Labute approximate surface area is 207 Å². The van der Waals surface area contributed by atoms with Crippen LogP contribution in [-0.4, -0.2) is 15.0 Å². The molecule has 8 bridgehead atoms. The van der Waals surface area contributed by atoms with Gasteiger partial charge >= 0.3 is 0 Å². The van der Waals surface area contributed by atoms with E-state index in [0.29, 0.717) is 0 Å². The van der Waals surface area contributed by atoms with E-state index in [1.165, 1.54) is 16.5 Å². The molecule has 36 heavy (non-hydrogen) atoms. The molecule has 8 rings (SSSR count). The maximum atomic E-state index is 5.22. The first-order valence-electron chi connectivity index (χ1n) is 12.3. The Hall–Kier alpha value is -4.57. The van der Waals surface area contributed by atoms with Gasteiger partial charge in [-0.15, -0.1) is 0 Å². The minimum Gasteiger partial charge on any atom is -0.353 e. The van der Waals surface area contributed by atoms with Crippen LogP contribution in [0.3, 0.4) is 0 Å². The summed E-state index contributed by atoms with van der Waals surface area (Å²) in [6, 6.07) is 25.8. The van der Waals surface area contributed by atoms with Gasteiger partial charge in [-0.05, 0) is 44.0 Å². The topological polar surface area (TPSA) is 50.7 Å². The van der Waals surface area contributed by atoms with E-state index in [2.05, 4.69) is 98.9 Å². The van der Waals surface area contributed by atoms with Crippen LogP contribution in [0.25, 0.3) is 65.4 Å². The van der Waals surface area contributed by atoms with Crippen molar-refractivity contribution in [2.75, 3.05) is 5.32 Å². The lowest BCUT2D eigenvalue weighted by Gasteiger charge is -2.15. The van der Waals surface area contributed by atoms with Crippen molar-refractivity contribution in [1.82, 2.24) is 15.0 Å². The molecule has 3 aromatic carbocycles. The number of nitrogens with one attached hydrogen (secondary N) is 1. The summed E-state index contributed by atoms with van der Waals surface area (Å²) < 4.78 is 0. The summed E-state index contributed by atoms with van der Waals surface area (Å²) in [4.78, 5) is 15.6. The molecule has 6 aromatic rings. The maximum absolute atomic E-state index is 5.22. The van der Waals surface area contributed by atoms with Gasteiger partial charge in [0.2, 0.25) is 0 Å². The number of hydrogen-bond acceptors (Lipinski definition) is 4. The van der Waals surface area contributed by atoms with Crippen LogP contribution in [0.2, 0.25) is 0 Å². The molecule has 0 fully saturated rings. The Bertz CT molecular complexity index is 2160. The summed E-state index contributed by atoms with van der Waals surface area (Å²) in [5.41, 5.74) is 11.5. The molecule has 0 unspecified atom stereocenters. The predicted octanol–water partition coefficient (Wildman–Crippen LogP) is 8.34. The van der Waals surface area contributed by atoms with Gasteiger partial charge in [-0.1, -0.05) is 60.7 Å². The Balaban J connectivity index is 1.71.